The first-order chi connectivity index (χ1) is 61.0. The molecule has 3 saturated heterocycles. The fraction of sp³-hybridized carbons (Fsp3) is 0.736. The molecule has 746 valence electrons. The quantitative estimate of drug-likeness (QED) is 0.0282. The number of halogens is 3. The van der Waals surface area contributed by atoms with Crippen LogP contribution in [0.4, 0.5) is 18.0 Å². The molecule has 0 radical (unpaired) electrons. The zero-order valence-corrected chi connectivity index (χ0v) is 86.1. The number of amides is 1. The lowest BCUT2D eigenvalue weighted by Crippen LogP contribution is -2.66. The van der Waals surface area contributed by atoms with Crippen LogP contribution in [0.5, 0.6) is 11.5 Å². The molecule has 12 rings (SSSR count). The number of rotatable bonds is 29. The van der Waals surface area contributed by atoms with Crippen molar-refractivity contribution in [2.45, 2.75) is 397 Å². The molecule has 3 heterocycles. The Labute approximate surface area is 788 Å². The van der Waals surface area contributed by atoms with Crippen molar-refractivity contribution in [3.05, 3.63) is 94.5 Å². The Balaban J connectivity index is 0.000000318. The van der Waals surface area contributed by atoms with Gasteiger partial charge in [0, 0.05) is 23.9 Å². The zero-order valence-electron chi connectivity index (χ0n) is 86.1. The van der Waals surface area contributed by atoms with Crippen molar-refractivity contribution in [2.75, 3.05) is 26.4 Å². The third-order valence-corrected chi connectivity index (χ3v) is 29.6. The van der Waals surface area contributed by atoms with Crippen LogP contribution >= 0.6 is 0 Å². The van der Waals surface area contributed by atoms with E-state index in [-0.39, 0.29) is 96.3 Å². The third-order valence-electron chi connectivity index (χ3n) is 29.6. The standard InChI is InChI=1S/C19H32O3.C15H19NO4.2C15H22O2.C13H26O2.C10H16O5.C10H14O.C9H14F3NO2/c1-5-18(3,4)16(20)22-17(21-6-2)19-10-13-7-14(11-19)9-15(8-13)12-19;1-4-14(2,3)12(17)19-10-8-5-9-11(10)20-13(18)15(9,6-8)7-16;1-7-15(5,6)14(16)17-13-11(3)8-10(2)9-12(13)4;1-6-14(2,3)13(16)17-15(4,5)12-10-8-7-9-11-12;1-7-12(5,6)11(14)15-13(8-2,9-3)10-4;1-4-10(2,3)8(11)13-5-7-6-14-9(12)15-7;1-3-8(2)9-4-6-10(11)7-5-9;1-4-7(2)5-15-8(3,9(10,11)12)13-6(7)14/h13-15,17H,5-12H2,1-4H3;8-11H,4-6H2,1-3H3;8-9H,7H2,1-6H3;7-11H,6H2,1-5H3;7-10H2,1-6H3;7H,4-6H2,1-3H3;4-8,11H,3H2,1-2H3;4-5H2,1-3H3,(H,13,14). The van der Waals surface area contributed by atoms with Crippen LogP contribution in [0.3, 0.4) is 0 Å². The number of hydrogen-bond donors (Lipinski definition) is 2. The van der Waals surface area contributed by atoms with E-state index >= 15 is 0 Å². The number of nitrogens with one attached hydrogen (secondary N) is 1. The maximum absolute atomic E-state index is 12.6. The number of hydrogen-bond acceptors (Lipinski definition) is 22. The highest BCUT2D eigenvalue weighted by molar-refractivity contribution is 5.85. The highest BCUT2D eigenvalue weighted by Gasteiger charge is 2.72. The van der Waals surface area contributed by atoms with Gasteiger partial charge in [0.15, 0.2) is 11.5 Å². The average Bonchev–Trinajstić information content (AvgIpc) is 1.53. The van der Waals surface area contributed by atoms with Crippen molar-refractivity contribution >= 4 is 53.8 Å². The Kier molecular flexibility index (Phi) is 42.1. The molecule has 9 aliphatic rings. The molecule has 132 heavy (non-hydrogen) atoms. The van der Waals surface area contributed by atoms with Crippen LogP contribution in [0.15, 0.2) is 66.7 Å². The number of benzene rings is 3. The van der Waals surface area contributed by atoms with Gasteiger partial charge in [-0.1, -0.05) is 143 Å². The molecule has 1 amide bonds. The molecule has 2 N–H and O–H groups in total. The largest absolute Gasteiger partial charge is 0.508 e. The van der Waals surface area contributed by atoms with Gasteiger partial charge in [-0.25, -0.2) is 4.79 Å². The second-order valence-electron chi connectivity index (χ2n) is 42.5. The summed E-state index contributed by atoms with van der Waals surface area (Å²) in [7, 11) is 0. The minimum absolute atomic E-state index is 0.0597. The van der Waals surface area contributed by atoms with Gasteiger partial charge in [-0.2, -0.15) is 18.4 Å². The molecule has 0 aromatic heterocycles. The number of nitrogens with zero attached hydrogens (tertiary/aromatic N) is 1. The summed E-state index contributed by atoms with van der Waals surface area (Å²) in [6.45, 7) is 61.9. The van der Waals surface area contributed by atoms with Crippen molar-refractivity contribution in [3.63, 3.8) is 0 Å². The molecule has 23 nitrogen and oxygen atoms in total. The number of ether oxygens (including phenoxy) is 11. The number of phenols is 1. The van der Waals surface area contributed by atoms with Crippen LogP contribution in [0, 0.1) is 110 Å². The van der Waals surface area contributed by atoms with Crippen LogP contribution in [0.1, 0.15) is 357 Å². The van der Waals surface area contributed by atoms with Gasteiger partial charge in [-0.3, -0.25) is 38.4 Å². The van der Waals surface area contributed by atoms with Gasteiger partial charge >= 0.3 is 54.1 Å². The first kappa shape index (κ1) is 116. The van der Waals surface area contributed by atoms with Gasteiger partial charge in [-0.15, -0.1) is 0 Å². The highest BCUT2D eigenvalue weighted by atomic mass is 19.4. The van der Waals surface area contributed by atoms with Crippen molar-refractivity contribution < 1.29 is 114 Å². The summed E-state index contributed by atoms with van der Waals surface area (Å²) in [4.78, 5) is 106. The minimum atomic E-state index is -4.60. The number of esters is 7. The molecule has 6 bridgehead atoms. The molecule has 3 aromatic rings. The maximum atomic E-state index is 12.6. The Hall–Kier alpha value is -8.31. The second-order valence-corrected chi connectivity index (χ2v) is 42.5. The topological polar surface area (TPSA) is 311 Å². The van der Waals surface area contributed by atoms with Crippen molar-refractivity contribution in [1.82, 2.24) is 5.32 Å². The van der Waals surface area contributed by atoms with E-state index in [1.54, 1.807) is 26.0 Å². The lowest BCUT2D eigenvalue weighted by atomic mass is 9.49. The number of carbonyl (C=O) groups is 9. The summed E-state index contributed by atoms with van der Waals surface area (Å²) in [6.07, 6.45) is 10.9. The lowest BCUT2D eigenvalue weighted by Gasteiger charge is -2.58. The summed E-state index contributed by atoms with van der Waals surface area (Å²) in [6, 6.07) is 23.5. The van der Waals surface area contributed by atoms with Crippen LogP contribution in [0.2, 0.25) is 0 Å². The number of aromatic hydroxyl groups is 1. The van der Waals surface area contributed by atoms with Crippen LogP contribution in [0.25, 0.3) is 0 Å². The second kappa shape index (κ2) is 47.9. The van der Waals surface area contributed by atoms with E-state index in [1.807, 2.05) is 226 Å². The van der Waals surface area contributed by atoms with Gasteiger partial charge in [0.25, 0.3) is 0 Å². The number of carbonyl (C=O) groups excluding carboxylic acids is 9. The Morgan fingerprint density at radius 2 is 1.05 bits per heavy atom. The smallest absolute Gasteiger partial charge is 0.508 e. The first-order valence-corrected chi connectivity index (χ1v) is 48.3. The van der Waals surface area contributed by atoms with Crippen LogP contribution in [-0.2, 0) is 91.3 Å². The number of phenolic OH excluding ortho intramolecular Hbond substituents is 1. The molecule has 10 unspecified atom stereocenters. The monoisotopic (exact) mass is 1860 g/mol. The lowest BCUT2D eigenvalue weighted by molar-refractivity contribution is -0.297. The zero-order chi connectivity index (χ0) is 101. The maximum Gasteiger partial charge on any atom is 0.508 e. The third kappa shape index (κ3) is 30.1. The molecule has 6 aliphatic carbocycles. The number of fused-ring (bicyclic) bond motifs is 1. The van der Waals surface area contributed by atoms with E-state index < -0.39 is 85.6 Å². The fourth-order valence-electron chi connectivity index (χ4n) is 16.8. The summed E-state index contributed by atoms with van der Waals surface area (Å²) >= 11 is 0. The predicted molar refractivity (Wildman–Crippen MR) is 503 cm³/mol. The Bertz CT molecular complexity index is 4260. The van der Waals surface area contributed by atoms with Crippen molar-refractivity contribution in [3.8, 4) is 17.6 Å². The predicted octanol–water partition coefficient (Wildman–Crippen LogP) is 24.4. The van der Waals surface area contributed by atoms with Crippen LogP contribution < -0.4 is 10.1 Å². The molecule has 0 spiro atoms. The fourth-order valence-corrected chi connectivity index (χ4v) is 16.8. The summed E-state index contributed by atoms with van der Waals surface area (Å²) in [5.41, 5.74) is -2.25. The van der Waals surface area contributed by atoms with E-state index in [4.69, 9.17) is 52.5 Å². The van der Waals surface area contributed by atoms with Gasteiger partial charge < -0.3 is 62.5 Å². The normalized spacial score (nSPS) is 24.8. The van der Waals surface area contributed by atoms with Crippen LogP contribution in [-0.4, -0.2) is 127 Å². The van der Waals surface area contributed by atoms with Crippen molar-refractivity contribution in [2.24, 2.45) is 78.3 Å². The summed E-state index contributed by atoms with van der Waals surface area (Å²) < 4.78 is 96.5. The number of cyclic esters (lactones) is 2. The number of alkyl halides is 3. The van der Waals surface area contributed by atoms with E-state index in [9.17, 15) is 61.6 Å². The van der Waals surface area contributed by atoms with Gasteiger partial charge in [0.1, 0.15) is 48.1 Å². The minimum Gasteiger partial charge on any atom is -0.508 e. The molecule has 6 saturated carbocycles. The summed E-state index contributed by atoms with van der Waals surface area (Å²) in [5.74, 6) is 2.11. The Morgan fingerprint density at radius 3 is 1.47 bits per heavy atom. The van der Waals surface area contributed by atoms with E-state index in [1.165, 1.54) is 49.7 Å². The SMILES string of the molecule is CCC(C)(C)C(=O)OC(C)(C)c1ccccc1.CCC(C)(C)C(=O)OC1C2CC3C1OC(=O)C3(C#N)C2.CCC(C)(C)C(=O)OCC1COC(=O)O1.CCC(C)(C)C(=O)Oc1c(C)cc(C)cc1C.CCC(C)c1ccc(O)cc1.CCC(CC)(CC)OC(=O)C(C)(C)CC.CCC1(C)COC(C)(C(F)(F)F)NC1=O.CCOC(OC(=O)C(C)(C)CC)C12CC3CC(CC(C3)C1)C2. The van der Waals surface area contributed by atoms with Crippen molar-refractivity contribution in [1.29, 1.82) is 5.26 Å². The van der Waals surface area contributed by atoms with E-state index in [0.717, 1.165) is 99.2 Å². The molecular weight excluding hydrogens is 1690 g/mol. The van der Waals surface area contributed by atoms with Gasteiger partial charge in [-0.05, 0) is 319 Å². The average molecular weight is 1860 g/mol. The molecule has 10 atom stereocenters. The molecule has 26 heteroatoms. The summed E-state index contributed by atoms with van der Waals surface area (Å²) in [5, 5.41) is 20.2. The molecule has 3 aromatic carbocycles. The molecule has 3 aliphatic heterocycles. The molecular formula is C106H165F3N2O21. The van der Waals surface area contributed by atoms with Gasteiger partial charge in [0.05, 0.1) is 50.6 Å². The highest BCUT2D eigenvalue weighted by Crippen LogP contribution is 2.64. The molecule has 9 fully saturated rings. The van der Waals surface area contributed by atoms with E-state index in [2.05, 4.69) is 45.4 Å². The number of aryl methyl sites for hydroxylation is 3. The Morgan fingerprint density at radius 1 is 0.583 bits per heavy atom. The van der Waals surface area contributed by atoms with E-state index in [0.29, 0.717) is 49.7 Å². The first-order valence-electron chi connectivity index (χ1n) is 48.3. The number of nitriles is 1. The van der Waals surface area contributed by atoms with Gasteiger partial charge in [0.2, 0.25) is 17.9 Å².